The van der Waals surface area contributed by atoms with Crippen LogP contribution in [0.4, 0.5) is 0 Å². The predicted molar refractivity (Wildman–Crippen MR) is 79.8 cm³/mol. The lowest BCUT2D eigenvalue weighted by molar-refractivity contribution is 0.187. The van der Waals surface area contributed by atoms with Crippen molar-refractivity contribution >= 4 is 10.0 Å². The van der Waals surface area contributed by atoms with Gasteiger partial charge in [0.1, 0.15) is 0 Å². The van der Waals surface area contributed by atoms with Crippen LogP contribution in [0.2, 0.25) is 0 Å². The molecule has 114 valence electrons. The topological polar surface area (TPSA) is 61.4 Å². The van der Waals surface area contributed by atoms with E-state index in [1.54, 1.807) is 0 Å². The average Bonchev–Trinajstić information content (AvgIpc) is 2.37. The highest BCUT2D eigenvalue weighted by molar-refractivity contribution is 7.89. The van der Waals surface area contributed by atoms with Crippen LogP contribution in [0.5, 0.6) is 0 Å². The maximum Gasteiger partial charge on any atom is 0.211 e. The Morgan fingerprint density at radius 2 is 2.05 bits per heavy atom. The van der Waals surface area contributed by atoms with Gasteiger partial charge in [0.15, 0.2) is 0 Å². The summed E-state index contributed by atoms with van der Waals surface area (Å²) < 4.78 is 26.5. The van der Waals surface area contributed by atoms with Crippen molar-refractivity contribution in [2.24, 2.45) is 0 Å². The summed E-state index contributed by atoms with van der Waals surface area (Å²) in [6.45, 7) is 5.47. The van der Waals surface area contributed by atoms with E-state index in [1.165, 1.54) is 12.8 Å². The van der Waals surface area contributed by atoms with Gasteiger partial charge < -0.3 is 10.2 Å². The quantitative estimate of drug-likeness (QED) is 0.616. The van der Waals surface area contributed by atoms with E-state index in [9.17, 15) is 8.42 Å². The SMILES string of the molecule is CCCNCCCS(=O)(=O)NCC1CCCCN1C. The largest absolute Gasteiger partial charge is 0.317 e. The van der Waals surface area contributed by atoms with Gasteiger partial charge in [0.05, 0.1) is 5.75 Å². The molecule has 1 saturated heterocycles. The molecule has 1 aliphatic heterocycles. The molecule has 0 saturated carbocycles. The highest BCUT2D eigenvalue weighted by Gasteiger charge is 2.20. The molecule has 0 aromatic rings. The molecule has 1 atom stereocenters. The van der Waals surface area contributed by atoms with Crippen molar-refractivity contribution in [2.75, 3.05) is 39.0 Å². The van der Waals surface area contributed by atoms with E-state index in [0.717, 1.165) is 32.5 Å². The monoisotopic (exact) mass is 291 g/mol. The van der Waals surface area contributed by atoms with Crippen molar-refractivity contribution < 1.29 is 8.42 Å². The molecule has 1 aliphatic rings. The number of hydrogen-bond donors (Lipinski definition) is 2. The number of likely N-dealkylation sites (N-methyl/N-ethyl adjacent to an activating group) is 1. The second-order valence-corrected chi connectivity index (χ2v) is 7.33. The Morgan fingerprint density at radius 1 is 1.26 bits per heavy atom. The zero-order valence-electron chi connectivity index (χ0n) is 12.3. The summed E-state index contributed by atoms with van der Waals surface area (Å²) in [4.78, 5) is 2.26. The summed E-state index contributed by atoms with van der Waals surface area (Å²) in [5, 5.41) is 3.22. The number of likely N-dealkylation sites (tertiary alicyclic amines) is 1. The van der Waals surface area contributed by atoms with Gasteiger partial charge in [0.2, 0.25) is 10.0 Å². The van der Waals surface area contributed by atoms with Gasteiger partial charge in [-0.3, -0.25) is 0 Å². The summed E-state index contributed by atoms with van der Waals surface area (Å²) in [5.41, 5.74) is 0. The second kappa shape index (κ2) is 8.89. The van der Waals surface area contributed by atoms with Gasteiger partial charge in [-0.15, -0.1) is 0 Å². The Morgan fingerprint density at radius 3 is 2.74 bits per heavy atom. The van der Waals surface area contributed by atoms with Crippen molar-refractivity contribution in [1.82, 2.24) is 14.9 Å². The third kappa shape index (κ3) is 7.25. The Labute approximate surface area is 118 Å². The van der Waals surface area contributed by atoms with Gasteiger partial charge in [-0.1, -0.05) is 13.3 Å². The lowest BCUT2D eigenvalue weighted by Gasteiger charge is -2.32. The van der Waals surface area contributed by atoms with E-state index < -0.39 is 10.0 Å². The molecular weight excluding hydrogens is 262 g/mol. The molecule has 0 spiro atoms. The number of piperidine rings is 1. The first-order valence-corrected chi connectivity index (χ1v) is 9.08. The zero-order chi connectivity index (χ0) is 14.1. The van der Waals surface area contributed by atoms with Crippen LogP contribution in [-0.2, 0) is 10.0 Å². The minimum Gasteiger partial charge on any atom is -0.317 e. The molecule has 6 heteroatoms. The Hall–Kier alpha value is -0.170. The number of sulfonamides is 1. The molecule has 1 heterocycles. The fraction of sp³-hybridized carbons (Fsp3) is 1.00. The molecule has 1 fully saturated rings. The summed E-state index contributed by atoms with van der Waals surface area (Å²) in [6, 6.07) is 0.363. The number of hydrogen-bond acceptors (Lipinski definition) is 4. The maximum absolute atomic E-state index is 11.9. The molecule has 5 nitrogen and oxygen atoms in total. The third-order valence-corrected chi connectivity index (χ3v) is 5.09. The van der Waals surface area contributed by atoms with Crippen molar-refractivity contribution in [3.63, 3.8) is 0 Å². The molecule has 0 aliphatic carbocycles. The van der Waals surface area contributed by atoms with Gasteiger partial charge >= 0.3 is 0 Å². The molecule has 2 N–H and O–H groups in total. The van der Waals surface area contributed by atoms with Crippen LogP contribution in [-0.4, -0.2) is 58.3 Å². The smallest absolute Gasteiger partial charge is 0.211 e. The Balaban J connectivity index is 2.18. The lowest BCUT2D eigenvalue weighted by Crippen LogP contribution is -2.45. The molecule has 0 aromatic heterocycles. The first kappa shape index (κ1) is 16.9. The van der Waals surface area contributed by atoms with Crippen molar-refractivity contribution in [3.05, 3.63) is 0 Å². The van der Waals surface area contributed by atoms with Crippen LogP contribution in [0.3, 0.4) is 0 Å². The Bertz CT molecular complexity index is 333. The van der Waals surface area contributed by atoms with Crippen molar-refractivity contribution in [3.8, 4) is 0 Å². The first-order chi connectivity index (χ1) is 9.05. The number of nitrogens with one attached hydrogen (secondary N) is 2. The van der Waals surface area contributed by atoms with Gasteiger partial charge in [-0.2, -0.15) is 0 Å². The Kier molecular flexibility index (Phi) is 7.90. The molecule has 0 bridgehead atoms. The summed E-state index contributed by atoms with van der Waals surface area (Å²) in [6.07, 6.45) is 5.28. The normalized spacial score (nSPS) is 21.7. The lowest BCUT2D eigenvalue weighted by atomic mass is 10.0. The van der Waals surface area contributed by atoms with Crippen molar-refractivity contribution in [1.29, 1.82) is 0 Å². The van der Waals surface area contributed by atoms with Crippen LogP contribution < -0.4 is 10.0 Å². The third-order valence-electron chi connectivity index (χ3n) is 3.65. The minimum absolute atomic E-state index is 0.222. The van der Waals surface area contributed by atoms with E-state index in [-0.39, 0.29) is 5.75 Å². The fourth-order valence-corrected chi connectivity index (χ4v) is 3.50. The summed E-state index contributed by atoms with van der Waals surface area (Å²) >= 11 is 0. The molecular formula is C13H29N3O2S. The highest BCUT2D eigenvalue weighted by Crippen LogP contribution is 2.14. The minimum atomic E-state index is -3.11. The van der Waals surface area contributed by atoms with E-state index in [1.807, 2.05) is 0 Å². The second-order valence-electron chi connectivity index (χ2n) is 5.40. The van der Waals surface area contributed by atoms with E-state index in [0.29, 0.717) is 19.0 Å². The van der Waals surface area contributed by atoms with Crippen LogP contribution in [0.1, 0.15) is 39.0 Å². The molecule has 0 aromatic carbocycles. The van der Waals surface area contributed by atoms with Gasteiger partial charge in [0, 0.05) is 12.6 Å². The van der Waals surface area contributed by atoms with Crippen LogP contribution in [0.15, 0.2) is 0 Å². The van der Waals surface area contributed by atoms with Gasteiger partial charge in [0.25, 0.3) is 0 Å². The zero-order valence-corrected chi connectivity index (χ0v) is 13.1. The molecule has 19 heavy (non-hydrogen) atoms. The number of rotatable bonds is 9. The van der Waals surface area contributed by atoms with Crippen LogP contribution in [0.25, 0.3) is 0 Å². The van der Waals surface area contributed by atoms with E-state index in [2.05, 4.69) is 28.9 Å². The van der Waals surface area contributed by atoms with Crippen LogP contribution in [0, 0.1) is 0 Å². The predicted octanol–water partition coefficient (Wildman–Crippen LogP) is 0.780. The molecule has 0 radical (unpaired) electrons. The summed E-state index contributed by atoms with van der Waals surface area (Å²) in [7, 11) is -1.03. The standard InChI is InChI=1S/C13H29N3O2S/c1-3-8-14-9-6-11-19(17,18)15-12-13-7-4-5-10-16(13)2/h13-15H,3-12H2,1-2H3. The first-order valence-electron chi connectivity index (χ1n) is 7.43. The fourth-order valence-electron chi connectivity index (χ4n) is 2.39. The number of nitrogens with zero attached hydrogens (tertiary/aromatic N) is 1. The van der Waals surface area contributed by atoms with E-state index >= 15 is 0 Å². The van der Waals surface area contributed by atoms with Crippen molar-refractivity contribution in [2.45, 2.75) is 45.1 Å². The molecule has 1 unspecified atom stereocenters. The highest BCUT2D eigenvalue weighted by atomic mass is 32.2. The van der Waals surface area contributed by atoms with Crippen LogP contribution >= 0.6 is 0 Å². The summed E-state index contributed by atoms with van der Waals surface area (Å²) in [5.74, 6) is 0.222. The average molecular weight is 291 g/mol. The maximum atomic E-state index is 11.9. The molecule has 0 amide bonds. The van der Waals surface area contributed by atoms with E-state index in [4.69, 9.17) is 0 Å². The molecule has 1 rings (SSSR count). The van der Waals surface area contributed by atoms with Gasteiger partial charge in [-0.05, 0) is 52.4 Å². The van der Waals surface area contributed by atoms with Gasteiger partial charge in [-0.25, -0.2) is 13.1 Å².